The molecule has 0 spiro atoms. The summed E-state index contributed by atoms with van der Waals surface area (Å²) in [7, 11) is 0. The van der Waals surface area contributed by atoms with Crippen LogP contribution in [0.2, 0.25) is 10.0 Å². The van der Waals surface area contributed by atoms with Crippen molar-refractivity contribution in [1.29, 1.82) is 0 Å². The largest absolute Gasteiger partial charge is 0.300 e. The van der Waals surface area contributed by atoms with Gasteiger partial charge < -0.3 is 5.32 Å². The topological polar surface area (TPSA) is 54.9 Å². The molecule has 0 atom stereocenters. The Balaban J connectivity index is 1.98. The highest BCUT2D eigenvalue weighted by Gasteiger charge is 2.13. The number of thioether (sulfide) groups is 1. The van der Waals surface area contributed by atoms with Gasteiger partial charge in [-0.1, -0.05) is 58.4 Å². The summed E-state index contributed by atoms with van der Waals surface area (Å²) in [6.07, 6.45) is 1.87. The van der Waals surface area contributed by atoms with Crippen LogP contribution >= 0.6 is 46.3 Å². The van der Waals surface area contributed by atoms with Gasteiger partial charge in [0, 0.05) is 15.8 Å². The maximum atomic E-state index is 12.0. The van der Waals surface area contributed by atoms with Gasteiger partial charge in [-0.25, -0.2) is 0 Å². The van der Waals surface area contributed by atoms with Gasteiger partial charge in [-0.15, -0.1) is 16.8 Å². The second-order valence-corrected chi connectivity index (χ2v) is 6.96. The SMILES string of the molecule is C=CCSc1nnc(NC(=O)Cc2c(Cl)cccc2Cl)s1. The first-order chi connectivity index (χ1) is 10.1. The zero-order chi connectivity index (χ0) is 15.2. The van der Waals surface area contributed by atoms with Crippen LogP contribution < -0.4 is 5.32 Å². The molecule has 0 aliphatic rings. The lowest BCUT2D eigenvalue weighted by Crippen LogP contribution is -2.14. The fourth-order valence-corrected chi connectivity index (χ4v) is 3.53. The number of hydrogen-bond donors (Lipinski definition) is 1. The quantitative estimate of drug-likeness (QED) is 0.474. The van der Waals surface area contributed by atoms with Gasteiger partial charge in [0.1, 0.15) is 0 Å². The maximum Gasteiger partial charge on any atom is 0.230 e. The first kappa shape index (κ1) is 16.3. The lowest BCUT2D eigenvalue weighted by atomic mass is 10.1. The molecule has 0 aliphatic carbocycles. The molecule has 0 unspecified atom stereocenters. The monoisotopic (exact) mass is 359 g/mol. The summed E-state index contributed by atoms with van der Waals surface area (Å²) in [6.45, 7) is 3.64. The third-order valence-electron chi connectivity index (χ3n) is 2.38. The number of nitrogens with one attached hydrogen (secondary N) is 1. The Morgan fingerprint density at radius 2 is 2.10 bits per heavy atom. The van der Waals surface area contributed by atoms with E-state index in [0.29, 0.717) is 20.7 Å². The van der Waals surface area contributed by atoms with Crippen molar-refractivity contribution in [2.45, 2.75) is 10.8 Å². The van der Waals surface area contributed by atoms with Crippen LogP contribution in [0.15, 0.2) is 35.2 Å². The van der Waals surface area contributed by atoms with Crippen molar-refractivity contribution in [3.8, 4) is 0 Å². The van der Waals surface area contributed by atoms with Crippen LogP contribution in [0.25, 0.3) is 0 Å². The lowest BCUT2D eigenvalue weighted by Gasteiger charge is -2.06. The molecule has 0 saturated carbocycles. The maximum absolute atomic E-state index is 12.0. The third-order valence-corrected chi connectivity index (χ3v) is 5.05. The standard InChI is InChI=1S/C13H11Cl2N3OS2/c1-2-6-20-13-18-17-12(21-13)16-11(19)7-8-9(14)4-3-5-10(8)15/h2-5H,1,6-7H2,(H,16,17,19). The molecule has 1 aromatic heterocycles. The Morgan fingerprint density at radius 1 is 1.38 bits per heavy atom. The van der Waals surface area contributed by atoms with E-state index in [2.05, 4.69) is 22.1 Å². The number of aromatic nitrogens is 2. The fraction of sp³-hybridized carbons (Fsp3) is 0.154. The zero-order valence-corrected chi connectivity index (χ0v) is 14.0. The van der Waals surface area contributed by atoms with Gasteiger partial charge in [-0.05, 0) is 17.7 Å². The average molecular weight is 360 g/mol. The molecule has 8 heteroatoms. The Bertz CT molecular complexity index is 640. The molecule has 1 amide bonds. The molecule has 4 nitrogen and oxygen atoms in total. The minimum Gasteiger partial charge on any atom is -0.300 e. The van der Waals surface area contributed by atoms with E-state index >= 15 is 0 Å². The zero-order valence-electron chi connectivity index (χ0n) is 10.8. The van der Waals surface area contributed by atoms with Crippen molar-refractivity contribution in [3.63, 3.8) is 0 Å². The van der Waals surface area contributed by atoms with Crippen molar-refractivity contribution < 1.29 is 4.79 Å². The number of carbonyl (C=O) groups excluding carboxylic acids is 1. The highest BCUT2D eigenvalue weighted by atomic mass is 35.5. The van der Waals surface area contributed by atoms with Gasteiger partial charge in [-0.2, -0.15) is 0 Å². The van der Waals surface area contributed by atoms with E-state index in [1.165, 1.54) is 23.1 Å². The van der Waals surface area contributed by atoms with Gasteiger partial charge in [0.25, 0.3) is 0 Å². The van der Waals surface area contributed by atoms with Crippen molar-refractivity contribution in [1.82, 2.24) is 10.2 Å². The third kappa shape index (κ3) is 4.71. The summed E-state index contributed by atoms with van der Waals surface area (Å²) < 4.78 is 0.779. The minimum atomic E-state index is -0.235. The Morgan fingerprint density at radius 3 is 2.76 bits per heavy atom. The molecule has 0 fully saturated rings. The summed E-state index contributed by atoms with van der Waals surface area (Å²) in [5.41, 5.74) is 0.601. The van der Waals surface area contributed by atoms with Crippen LogP contribution in [-0.2, 0) is 11.2 Å². The van der Waals surface area contributed by atoms with Crippen molar-refractivity contribution in [3.05, 3.63) is 46.5 Å². The highest BCUT2D eigenvalue weighted by Crippen LogP contribution is 2.27. The Hall–Kier alpha value is -1.08. The molecule has 21 heavy (non-hydrogen) atoms. The van der Waals surface area contributed by atoms with Gasteiger partial charge in [0.05, 0.1) is 6.42 Å². The van der Waals surface area contributed by atoms with E-state index in [9.17, 15) is 4.79 Å². The lowest BCUT2D eigenvalue weighted by molar-refractivity contribution is -0.115. The molecule has 2 rings (SSSR count). The van der Waals surface area contributed by atoms with Crippen LogP contribution in [0.3, 0.4) is 0 Å². The predicted octanol–water partition coefficient (Wildman–Crippen LogP) is 4.30. The van der Waals surface area contributed by atoms with Crippen LogP contribution in [0.5, 0.6) is 0 Å². The van der Waals surface area contributed by atoms with Crippen LogP contribution in [-0.4, -0.2) is 21.9 Å². The molecular weight excluding hydrogens is 349 g/mol. The second kappa shape index (κ2) is 7.79. The highest BCUT2D eigenvalue weighted by molar-refractivity contribution is 8.01. The molecule has 1 aromatic carbocycles. The molecule has 0 bridgehead atoms. The first-order valence-corrected chi connectivity index (χ1v) is 8.46. The molecule has 1 heterocycles. The van der Waals surface area contributed by atoms with Gasteiger partial charge in [0.2, 0.25) is 11.0 Å². The van der Waals surface area contributed by atoms with E-state index in [1.807, 2.05) is 0 Å². The van der Waals surface area contributed by atoms with E-state index in [0.717, 1.165) is 10.1 Å². The number of halogens is 2. The average Bonchev–Trinajstić information content (AvgIpc) is 2.88. The van der Waals surface area contributed by atoms with E-state index in [1.54, 1.807) is 24.3 Å². The molecule has 0 radical (unpaired) electrons. The molecule has 0 saturated heterocycles. The molecule has 110 valence electrons. The first-order valence-electron chi connectivity index (χ1n) is 5.90. The number of benzene rings is 1. The minimum absolute atomic E-state index is 0.0905. The summed E-state index contributed by atoms with van der Waals surface area (Å²) in [6, 6.07) is 5.13. The van der Waals surface area contributed by atoms with Crippen molar-refractivity contribution >= 4 is 57.3 Å². The van der Waals surface area contributed by atoms with Gasteiger partial charge in [-0.3, -0.25) is 4.79 Å². The second-order valence-electron chi connectivity index (χ2n) is 3.90. The van der Waals surface area contributed by atoms with E-state index in [4.69, 9.17) is 23.2 Å². The number of rotatable bonds is 6. The summed E-state index contributed by atoms with van der Waals surface area (Å²) in [5.74, 6) is 0.513. The van der Waals surface area contributed by atoms with Crippen molar-refractivity contribution in [2.24, 2.45) is 0 Å². The smallest absolute Gasteiger partial charge is 0.230 e. The van der Waals surface area contributed by atoms with Crippen LogP contribution in [0.1, 0.15) is 5.56 Å². The molecular formula is C13H11Cl2N3OS2. The molecule has 2 aromatic rings. The normalized spacial score (nSPS) is 10.4. The fourth-order valence-electron chi connectivity index (χ4n) is 1.47. The van der Waals surface area contributed by atoms with E-state index in [-0.39, 0.29) is 12.3 Å². The van der Waals surface area contributed by atoms with Gasteiger partial charge in [0.15, 0.2) is 4.34 Å². The number of hydrogen-bond acceptors (Lipinski definition) is 5. The summed E-state index contributed by atoms with van der Waals surface area (Å²) in [5, 5.41) is 12.0. The number of nitrogens with zero attached hydrogens (tertiary/aromatic N) is 2. The molecule has 0 aliphatic heterocycles. The van der Waals surface area contributed by atoms with Crippen molar-refractivity contribution in [2.75, 3.05) is 11.1 Å². The number of anilines is 1. The summed E-state index contributed by atoms with van der Waals surface area (Å²) >= 11 is 14.9. The van der Waals surface area contributed by atoms with Crippen LogP contribution in [0, 0.1) is 0 Å². The number of amides is 1. The number of carbonyl (C=O) groups is 1. The predicted molar refractivity (Wildman–Crippen MR) is 89.6 cm³/mol. The summed E-state index contributed by atoms with van der Waals surface area (Å²) in [4.78, 5) is 12.0. The van der Waals surface area contributed by atoms with E-state index < -0.39 is 0 Å². The molecule has 1 N–H and O–H groups in total. The Labute approximate surface area is 140 Å². The van der Waals surface area contributed by atoms with Gasteiger partial charge >= 0.3 is 0 Å². The Kier molecular flexibility index (Phi) is 6.05. The van der Waals surface area contributed by atoms with Crippen LogP contribution in [0.4, 0.5) is 5.13 Å².